The molecule has 0 amide bonds. The molecule has 29 heavy (non-hydrogen) atoms. The summed E-state index contributed by atoms with van der Waals surface area (Å²) in [4.78, 5) is 4.80. The summed E-state index contributed by atoms with van der Waals surface area (Å²) in [5.41, 5.74) is 15.7. The Morgan fingerprint density at radius 3 is 1.93 bits per heavy atom. The summed E-state index contributed by atoms with van der Waals surface area (Å²) in [6, 6.07) is 15.3. The van der Waals surface area contributed by atoms with Crippen LogP contribution in [0.1, 0.15) is 0 Å². The predicted molar refractivity (Wildman–Crippen MR) is 108 cm³/mol. The third-order valence-corrected chi connectivity index (χ3v) is 4.60. The van der Waals surface area contributed by atoms with E-state index in [9.17, 15) is 0 Å². The molecule has 148 valence electrons. The van der Waals surface area contributed by atoms with E-state index in [2.05, 4.69) is 10.3 Å². The molecule has 0 unspecified atom stereocenters. The average Bonchev–Trinajstić information content (AvgIpc) is 3.36. The van der Waals surface area contributed by atoms with Gasteiger partial charge in [-0.1, -0.05) is 0 Å². The van der Waals surface area contributed by atoms with Crippen molar-refractivity contribution in [3.05, 3.63) is 48.5 Å². The molecule has 0 aliphatic heterocycles. The second kappa shape index (κ2) is 7.64. The van der Waals surface area contributed by atoms with Gasteiger partial charge < -0.3 is 25.5 Å². The number of nitrogen functional groups attached to an aromatic ring is 1. The largest absolute Gasteiger partial charge is 0.497 e. The number of nitrogens with zero attached hydrogens (tertiary/aromatic N) is 4. The van der Waals surface area contributed by atoms with Crippen molar-refractivity contribution in [2.75, 3.05) is 20.0 Å². The van der Waals surface area contributed by atoms with Gasteiger partial charge in [0, 0.05) is 11.1 Å². The zero-order valence-electron chi connectivity index (χ0n) is 16.0. The van der Waals surface area contributed by atoms with Gasteiger partial charge in [0.1, 0.15) is 11.5 Å². The lowest BCUT2D eigenvalue weighted by atomic mass is 10.0. The monoisotopic (exact) mass is 392 g/mol. The van der Waals surface area contributed by atoms with E-state index < -0.39 is 0 Å². The van der Waals surface area contributed by atoms with Gasteiger partial charge in [-0.05, 0) is 58.8 Å². The van der Waals surface area contributed by atoms with Crippen LogP contribution < -0.4 is 20.9 Å². The number of aromatic nitrogens is 4. The highest BCUT2D eigenvalue weighted by molar-refractivity contribution is 5.83. The molecule has 0 bridgehead atoms. The molecule has 2 heterocycles. The van der Waals surface area contributed by atoms with Crippen LogP contribution >= 0.6 is 0 Å². The lowest BCUT2D eigenvalue weighted by Gasteiger charge is -2.11. The minimum Gasteiger partial charge on any atom is -0.497 e. The van der Waals surface area contributed by atoms with Crippen molar-refractivity contribution in [1.29, 1.82) is 0 Å². The van der Waals surface area contributed by atoms with E-state index in [1.54, 1.807) is 14.2 Å². The molecule has 2 aromatic carbocycles. The number of ether oxygens (including phenoxy) is 2. The molecule has 4 rings (SSSR count). The molecule has 0 aliphatic carbocycles. The molecule has 4 N–H and O–H groups in total. The van der Waals surface area contributed by atoms with Crippen LogP contribution in [-0.4, -0.2) is 34.1 Å². The molecule has 0 fully saturated rings. The Morgan fingerprint density at radius 2 is 1.45 bits per heavy atom. The predicted octanol–water partition coefficient (Wildman–Crippen LogP) is 2.78. The fraction of sp³-hybridized carbons (Fsp3) is 0.150. The van der Waals surface area contributed by atoms with Crippen molar-refractivity contribution in [2.24, 2.45) is 5.73 Å². The average molecular weight is 392 g/mol. The number of anilines is 1. The number of imidazole rings is 1. The van der Waals surface area contributed by atoms with Crippen LogP contribution in [-0.2, 0) is 6.67 Å². The number of nitrogens with two attached hydrogens (primary N) is 2. The van der Waals surface area contributed by atoms with Gasteiger partial charge in [0.15, 0.2) is 17.3 Å². The number of benzene rings is 2. The second-order valence-corrected chi connectivity index (χ2v) is 6.20. The maximum Gasteiger partial charge on any atom is 0.199 e. The van der Waals surface area contributed by atoms with Gasteiger partial charge in [-0.25, -0.2) is 9.61 Å². The minimum absolute atomic E-state index is 0.146. The fourth-order valence-electron chi connectivity index (χ4n) is 3.15. The Balaban J connectivity index is 1.96. The Hall–Kier alpha value is -3.85. The summed E-state index contributed by atoms with van der Waals surface area (Å²) in [7, 11) is 3.25. The first-order chi connectivity index (χ1) is 14.2. The maximum atomic E-state index is 6.10. The van der Waals surface area contributed by atoms with Crippen LogP contribution in [0.25, 0.3) is 34.0 Å². The molecule has 0 aliphatic rings. The molecule has 0 radical (unpaired) electrons. The molecule has 0 saturated carbocycles. The summed E-state index contributed by atoms with van der Waals surface area (Å²) >= 11 is 0. The van der Waals surface area contributed by atoms with Crippen LogP contribution in [0.2, 0.25) is 0 Å². The highest BCUT2D eigenvalue weighted by Crippen LogP contribution is 2.37. The molecule has 9 nitrogen and oxygen atoms in total. The van der Waals surface area contributed by atoms with Gasteiger partial charge in [0.05, 0.1) is 32.3 Å². The van der Waals surface area contributed by atoms with Crippen molar-refractivity contribution in [3.63, 3.8) is 0 Å². The van der Waals surface area contributed by atoms with E-state index in [1.807, 2.05) is 53.1 Å². The quantitative estimate of drug-likeness (QED) is 0.513. The third-order valence-electron chi connectivity index (χ3n) is 4.60. The van der Waals surface area contributed by atoms with E-state index in [-0.39, 0.29) is 12.5 Å². The highest BCUT2D eigenvalue weighted by atomic mass is 16.6. The van der Waals surface area contributed by atoms with E-state index in [0.29, 0.717) is 11.5 Å². The molecular weight excluding hydrogens is 372 g/mol. The van der Waals surface area contributed by atoms with Gasteiger partial charge in [-0.15, -0.1) is 0 Å². The van der Waals surface area contributed by atoms with Crippen LogP contribution in [0.5, 0.6) is 11.5 Å². The molecule has 4 aromatic rings. The van der Waals surface area contributed by atoms with Gasteiger partial charge in [0.25, 0.3) is 0 Å². The van der Waals surface area contributed by atoms with Crippen LogP contribution in [0, 0.1) is 0 Å². The maximum absolute atomic E-state index is 6.10. The van der Waals surface area contributed by atoms with E-state index >= 15 is 0 Å². The molecule has 2 aromatic heterocycles. The number of hydrogen-bond donors (Lipinski definition) is 2. The lowest BCUT2D eigenvalue weighted by Crippen LogP contribution is -2.11. The smallest absolute Gasteiger partial charge is 0.199 e. The Kier molecular flexibility index (Phi) is 4.88. The summed E-state index contributed by atoms with van der Waals surface area (Å²) in [6.07, 6.45) is 0. The topological polar surface area (TPSA) is 127 Å². The summed E-state index contributed by atoms with van der Waals surface area (Å²) in [5, 5.41) is 7.56. The zero-order valence-corrected chi connectivity index (χ0v) is 16.0. The molecule has 0 spiro atoms. The second-order valence-electron chi connectivity index (χ2n) is 6.20. The molecule has 9 heteroatoms. The van der Waals surface area contributed by atoms with Crippen LogP contribution in [0.3, 0.4) is 0 Å². The highest BCUT2D eigenvalue weighted by Gasteiger charge is 2.24. The number of methoxy groups -OCH3 is 2. The van der Waals surface area contributed by atoms with Gasteiger partial charge >= 0.3 is 0 Å². The lowest BCUT2D eigenvalue weighted by molar-refractivity contribution is 0.310. The standard InChI is InChI=1S/C20H20N6O3/c1-27-14-7-3-12(4-8-14)16-18(13-5-9-15(28-2)10-6-13)26(11-21)20(23-16)17-19(22)25-29-24-17/h3-10H,11,21H2,1-2H3,(H2,22,25). The van der Waals surface area contributed by atoms with Crippen molar-refractivity contribution >= 4 is 5.82 Å². The number of hydrogen-bond acceptors (Lipinski definition) is 8. The van der Waals surface area contributed by atoms with E-state index in [0.717, 1.165) is 34.0 Å². The molecule has 0 saturated heterocycles. The van der Waals surface area contributed by atoms with Crippen molar-refractivity contribution in [2.45, 2.75) is 6.67 Å². The molecular formula is C20H20N6O3. The first-order valence-electron chi connectivity index (χ1n) is 8.84. The van der Waals surface area contributed by atoms with E-state index in [4.69, 9.17) is 30.6 Å². The fourth-order valence-corrected chi connectivity index (χ4v) is 3.15. The molecule has 0 atom stereocenters. The van der Waals surface area contributed by atoms with Crippen molar-refractivity contribution < 1.29 is 14.1 Å². The minimum atomic E-state index is 0.146. The van der Waals surface area contributed by atoms with Crippen LogP contribution in [0.15, 0.2) is 53.2 Å². The van der Waals surface area contributed by atoms with Crippen LogP contribution in [0.4, 0.5) is 5.82 Å². The Labute approximate surface area is 166 Å². The summed E-state index contributed by atoms with van der Waals surface area (Å²) in [6.45, 7) is 0.159. The van der Waals surface area contributed by atoms with Gasteiger partial charge in [-0.2, -0.15) is 0 Å². The zero-order chi connectivity index (χ0) is 20.4. The van der Waals surface area contributed by atoms with Gasteiger partial charge in [0.2, 0.25) is 0 Å². The summed E-state index contributed by atoms with van der Waals surface area (Å²) < 4.78 is 17.1. The van der Waals surface area contributed by atoms with Gasteiger partial charge in [-0.3, -0.25) is 0 Å². The Morgan fingerprint density at radius 1 is 0.862 bits per heavy atom. The normalized spacial score (nSPS) is 10.9. The van der Waals surface area contributed by atoms with E-state index in [1.165, 1.54) is 0 Å². The summed E-state index contributed by atoms with van der Waals surface area (Å²) in [5.74, 6) is 2.13. The van der Waals surface area contributed by atoms with Crippen molar-refractivity contribution in [3.8, 4) is 45.5 Å². The Bertz CT molecular complexity index is 1120. The SMILES string of the molecule is COc1ccc(-c2nc(-c3nonc3N)n(CN)c2-c2ccc(OC)cc2)cc1. The first-order valence-corrected chi connectivity index (χ1v) is 8.84. The third kappa shape index (κ3) is 3.27. The number of rotatable bonds is 6. The first kappa shape index (κ1) is 18.5. The van der Waals surface area contributed by atoms with Crippen molar-refractivity contribution in [1.82, 2.24) is 19.9 Å².